The zero-order valence-corrected chi connectivity index (χ0v) is 34.3. The molecule has 0 amide bonds. The van der Waals surface area contributed by atoms with Crippen molar-refractivity contribution < 1.29 is 73.4 Å². The summed E-state index contributed by atoms with van der Waals surface area (Å²) in [6.07, 6.45) is 28.3. The van der Waals surface area contributed by atoms with Crippen molar-refractivity contribution in [1.82, 2.24) is 0 Å². The SMILES string of the molecule is C.C#CCCO.C1CCC2CCCC2C1.CC.CC#CCCC1CC2CCCCC2C1.CC#CCCO.[W].[W].[W]. The van der Waals surface area contributed by atoms with Crippen molar-refractivity contribution in [2.45, 2.75) is 144 Å². The molecular weight excluding hydrogens is 1000 g/mol. The molecule has 2 N–H and O–H groups in total. The van der Waals surface area contributed by atoms with E-state index in [9.17, 15) is 0 Å². The number of terminal acetylenes is 1. The van der Waals surface area contributed by atoms with Crippen LogP contribution in [-0.2, 0) is 63.2 Å². The summed E-state index contributed by atoms with van der Waals surface area (Å²) < 4.78 is 0. The quantitative estimate of drug-likeness (QED) is 0.276. The Hall–Kier alpha value is 0.665. The Morgan fingerprint density at radius 1 is 0.600 bits per heavy atom. The van der Waals surface area contributed by atoms with Crippen molar-refractivity contribution in [2.75, 3.05) is 13.2 Å². The minimum Gasteiger partial charge on any atom is -0.395 e. The molecule has 0 aromatic heterocycles. The second kappa shape index (κ2) is 37.7. The maximum Gasteiger partial charge on any atom is 0.0540 e. The van der Waals surface area contributed by atoms with Gasteiger partial charge in [-0.1, -0.05) is 91.9 Å². The number of hydrogen-bond acceptors (Lipinski definition) is 2. The second-order valence-corrected chi connectivity index (χ2v) is 10.4. The minimum absolute atomic E-state index is 0. The first-order valence-corrected chi connectivity index (χ1v) is 15.1. The summed E-state index contributed by atoms with van der Waals surface area (Å²) >= 11 is 0. The van der Waals surface area contributed by atoms with Crippen LogP contribution in [0.25, 0.3) is 0 Å². The molecule has 4 fully saturated rings. The van der Waals surface area contributed by atoms with Gasteiger partial charge in [0.05, 0.1) is 13.2 Å². The Morgan fingerprint density at radius 3 is 1.30 bits per heavy atom. The normalized spacial score (nSPS) is 24.1. The van der Waals surface area contributed by atoms with Gasteiger partial charge in [0.1, 0.15) is 0 Å². The zero-order valence-electron chi connectivity index (χ0n) is 25.5. The van der Waals surface area contributed by atoms with Gasteiger partial charge < -0.3 is 10.2 Å². The molecule has 0 spiro atoms. The summed E-state index contributed by atoms with van der Waals surface area (Å²) in [5.41, 5.74) is 0. The van der Waals surface area contributed by atoms with Crippen molar-refractivity contribution in [3.8, 4) is 36.0 Å². The average Bonchev–Trinajstić information content (AvgIpc) is 3.57. The van der Waals surface area contributed by atoms with Crippen LogP contribution < -0.4 is 0 Å². The van der Waals surface area contributed by atoms with Gasteiger partial charge in [0.2, 0.25) is 0 Å². The monoisotopic (exact) mass is 1070 g/mol. The Kier molecular flexibility index (Phi) is 47.4. The van der Waals surface area contributed by atoms with E-state index in [0.29, 0.717) is 12.8 Å². The van der Waals surface area contributed by atoms with Gasteiger partial charge in [-0.25, -0.2) is 0 Å². The van der Waals surface area contributed by atoms with Crippen LogP contribution in [0.2, 0.25) is 0 Å². The molecule has 4 aliphatic rings. The molecule has 0 radical (unpaired) electrons. The van der Waals surface area contributed by atoms with Gasteiger partial charge in [-0.05, 0) is 62.7 Å². The fourth-order valence-corrected chi connectivity index (χ4v) is 6.43. The van der Waals surface area contributed by atoms with Crippen LogP contribution in [0.1, 0.15) is 144 Å². The summed E-state index contributed by atoms with van der Waals surface area (Å²) in [4.78, 5) is 0. The van der Waals surface area contributed by atoms with Crippen LogP contribution in [-0.4, -0.2) is 23.4 Å². The standard InChI is InChI=1S/C14H22.C9H16.C5H8O.C4H6O.C2H6.CH4.3W/c1-2-3-4-7-12-10-13-8-5-6-9-14(13)11-12;1-2-5-9-7-3-6-8(9)4-1;1-2-3-4-5-6;1-2-3-4-5;1-2;;;;/h12-14H,4-11H2,1H3;8-9H,1-7H2;6H,4-5H2,1H3;1,5H,3-4H2;1-2H3;1H4;;;. The third-order valence-electron chi connectivity index (χ3n) is 8.08. The van der Waals surface area contributed by atoms with E-state index in [1.54, 1.807) is 32.6 Å². The van der Waals surface area contributed by atoms with Gasteiger partial charge in [0, 0.05) is 82.5 Å². The molecule has 5 heteroatoms. The molecule has 0 aromatic rings. The second-order valence-electron chi connectivity index (χ2n) is 10.4. The van der Waals surface area contributed by atoms with Crippen LogP contribution in [0.15, 0.2) is 0 Å². The predicted octanol–water partition coefficient (Wildman–Crippen LogP) is 9.03. The minimum atomic E-state index is 0. The largest absolute Gasteiger partial charge is 0.395 e. The molecule has 2 nitrogen and oxygen atoms in total. The Morgan fingerprint density at radius 2 is 0.975 bits per heavy atom. The van der Waals surface area contributed by atoms with Crippen LogP contribution >= 0.6 is 0 Å². The number of aliphatic hydroxyl groups excluding tert-OH is 2. The molecule has 0 aromatic carbocycles. The fraction of sp³-hybridized carbons (Fsp3) is 0.829. The van der Waals surface area contributed by atoms with Gasteiger partial charge >= 0.3 is 0 Å². The Labute approximate surface area is 294 Å². The van der Waals surface area contributed by atoms with Crippen LogP contribution in [0.5, 0.6) is 0 Å². The molecule has 4 rings (SSSR count). The molecule has 4 saturated carbocycles. The molecule has 4 atom stereocenters. The molecule has 40 heavy (non-hydrogen) atoms. The number of fused-ring (bicyclic) bond motifs is 2. The third-order valence-corrected chi connectivity index (χ3v) is 8.08. The summed E-state index contributed by atoms with van der Waals surface area (Å²) in [6.45, 7) is 8.00. The molecule has 0 heterocycles. The summed E-state index contributed by atoms with van der Waals surface area (Å²) in [7, 11) is 0. The summed E-state index contributed by atoms with van der Waals surface area (Å²) in [6, 6.07) is 0. The predicted molar refractivity (Wildman–Crippen MR) is 164 cm³/mol. The van der Waals surface area contributed by atoms with E-state index < -0.39 is 0 Å². The van der Waals surface area contributed by atoms with E-state index in [-0.39, 0.29) is 83.8 Å². The topological polar surface area (TPSA) is 40.5 Å². The number of rotatable bonds is 4. The van der Waals surface area contributed by atoms with E-state index in [2.05, 4.69) is 29.6 Å². The average molecular weight is 1070 g/mol. The first-order valence-electron chi connectivity index (χ1n) is 15.1. The summed E-state index contributed by atoms with van der Waals surface area (Å²) in [5, 5.41) is 16.0. The van der Waals surface area contributed by atoms with Crippen molar-refractivity contribution in [1.29, 1.82) is 0 Å². The van der Waals surface area contributed by atoms with Crippen molar-refractivity contribution in [3.63, 3.8) is 0 Å². The first-order chi connectivity index (χ1) is 17.7. The van der Waals surface area contributed by atoms with Crippen molar-refractivity contribution in [2.24, 2.45) is 29.6 Å². The van der Waals surface area contributed by atoms with E-state index in [1.807, 2.05) is 20.8 Å². The Balaban J connectivity index is -0.000000139. The smallest absolute Gasteiger partial charge is 0.0540 e. The Bertz CT molecular complexity index is 642. The third kappa shape index (κ3) is 25.2. The van der Waals surface area contributed by atoms with E-state index in [0.717, 1.165) is 24.2 Å². The molecule has 4 aliphatic carbocycles. The van der Waals surface area contributed by atoms with Gasteiger partial charge in [-0.2, -0.15) is 0 Å². The molecule has 232 valence electrons. The summed E-state index contributed by atoms with van der Waals surface area (Å²) in [5.74, 6) is 19.4. The van der Waals surface area contributed by atoms with Crippen molar-refractivity contribution >= 4 is 0 Å². The molecule has 0 bridgehead atoms. The van der Waals surface area contributed by atoms with E-state index >= 15 is 0 Å². The van der Waals surface area contributed by atoms with Crippen LogP contribution in [0.3, 0.4) is 0 Å². The van der Waals surface area contributed by atoms with Crippen LogP contribution in [0.4, 0.5) is 0 Å². The molecule has 0 aliphatic heterocycles. The van der Waals surface area contributed by atoms with Crippen LogP contribution in [0, 0.1) is 65.6 Å². The van der Waals surface area contributed by atoms with Gasteiger partial charge in [0.25, 0.3) is 0 Å². The molecular formula is C35H62O2W3. The molecule has 4 unspecified atom stereocenters. The van der Waals surface area contributed by atoms with E-state index in [1.165, 1.54) is 76.0 Å². The van der Waals surface area contributed by atoms with Gasteiger partial charge in [0.15, 0.2) is 0 Å². The fourth-order valence-electron chi connectivity index (χ4n) is 6.43. The maximum atomic E-state index is 8.09. The van der Waals surface area contributed by atoms with Gasteiger partial charge in [-0.3, -0.25) is 0 Å². The first kappa shape index (κ1) is 50.3. The van der Waals surface area contributed by atoms with Gasteiger partial charge in [-0.15, -0.1) is 36.0 Å². The maximum absolute atomic E-state index is 8.09. The number of hydrogen-bond donors (Lipinski definition) is 2. The zero-order chi connectivity index (χ0) is 26.9. The van der Waals surface area contributed by atoms with Crippen molar-refractivity contribution in [3.05, 3.63) is 0 Å². The number of aliphatic hydroxyl groups is 2. The molecule has 0 saturated heterocycles. The van der Waals surface area contributed by atoms with E-state index in [4.69, 9.17) is 16.6 Å².